The van der Waals surface area contributed by atoms with Gasteiger partial charge in [0.1, 0.15) is 17.3 Å². The van der Waals surface area contributed by atoms with Crippen LogP contribution in [0.15, 0.2) is 59.4 Å². The van der Waals surface area contributed by atoms with Crippen LogP contribution in [0.5, 0.6) is 0 Å². The Hall–Kier alpha value is -3.35. The smallest absolute Gasteiger partial charge is 0.278 e. The lowest BCUT2D eigenvalue weighted by Gasteiger charge is -2.22. The number of amides is 1. The fraction of sp³-hybridized carbons (Fsp3) is 0.227. The molecule has 7 heteroatoms. The minimum atomic E-state index is -0.535. The third kappa shape index (κ3) is 3.94. The normalized spacial score (nSPS) is 13.3. The van der Waals surface area contributed by atoms with E-state index in [1.165, 1.54) is 35.0 Å². The average molecular weight is 395 g/mol. The Morgan fingerprint density at radius 1 is 1.14 bits per heavy atom. The average Bonchev–Trinajstić information content (AvgIpc) is 3.52. The number of rotatable bonds is 5. The summed E-state index contributed by atoms with van der Waals surface area (Å²) in [6.07, 6.45) is 1.63. The van der Waals surface area contributed by atoms with Crippen molar-refractivity contribution in [2.45, 2.75) is 32.4 Å². The van der Waals surface area contributed by atoms with Crippen molar-refractivity contribution in [3.05, 3.63) is 93.4 Å². The molecule has 2 aromatic carbocycles. The molecular formula is C22H19F2N3O2. The van der Waals surface area contributed by atoms with Gasteiger partial charge in [0.05, 0.1) is 0 Å². The first-order chi connectivity index (χ1) is 13.9. The van der Waals surface area contributed by atoms with Gasteiger partial charge in [-0.1, -0.05) is 24.3 Å². The summed E-state index contributed by atoms with van der Waals surface area (Å²) in [4.78, 5) is 27.2. The Balaban J connectivity index is 1.72. The van der Waals surface area contributed by atoms with E-state index in [2.05, 4.69) is 5.10 Å². The molecule has 1 aromatic heterocycles. The second-order valence-electron chi connectivity index (χ2n) is 7.16. The largest absolute Gasteiger partial charge is 0.330 e. The lowest BCUT2D eigenvalue weighted by Crippen LogP contribution is -2.37. The van der Waals surface area contributed by atoms with Crippen LogP contribution in [-0.4, -0.2) is 26.6 Å². The summed E-state index contributed by atoms with van der Waals surface area (Å²) in [6.45, 7) is 1.80. The molecule has 29 heavy (non-hydrogen) atoms. The third-order valence-electron chi connectivity index (χ3n) is 4.88. The maximum absolute atomic E-state index is 14.2. The number of para-hydroxylation sites is 1. The molecule has 1 aliphatic rings. The molecule has 1 heterocycles. The van der Waals surface area contributed by atoms with Gasteiger partial charge in [0.25, 0.3) is 5.91 Å². The van der Waals surface area contributed by atoms with Gasteiger partial charge in [-0.3, -0.25) is 9.59 Å². The van der Waals surface area contributed by atoms with Gasteiger partial charge in [-0.05, 0) is 49.6 Å². The van der Waals surface area contributed by atoms with Crippen LogP contribution in [0.25, 0.3) is 5.69 Å². The van der Waals surface area contributed by atoms with Gasteiger partial charge >= 0.3 is 0 Å². The summed E-state index contributed by atoms with van der Waals surface area (Å²) in [5.74, 6) is -1.43. The van der Waals surface area contributed by atoms with Crippen LogP contribution in [0.2, 0.25) is 0 Å². The first-order valence-corrected chi connectivity index (χ1v) is 9.35. The molecule has 0 N–H and O–H groups in total. The summed E-state index contributed by atoms with van der Waals surface area (Å²) < 4.78 is 29.0. The van der Waals surface area contributed by atoms with E-state index < -0.39 is 17.2 Å². The summed E-state index contributed by atoms with van der Waals surface area (Å²) in [5.41, 5.74) is 0.404. The molecule has 0 unspecified atom stereocenters. The summed E-state index contributed by atoms with van der Waals surface area (Å²) in [5, 5.41) is 4.19. The highest BCUT2D eigenvalue weighted by Crippen LogP contribution is 2.29. The van der Waals surface area contributed by atoms with Crippen molar-refractivity contribution in [3.8, 4) is 5.69 Å². The molecule has 0 atom stereocenters. The number of carbonyl (C=O) groups is 1. The van der Waals surface area contributed by atoms with Crippen LogP contribution in [0.1, 0.15) is 34.6 Å². The molecular weight excluding hydrogens is 376 g/mol. The maximum atomic E-state index is 14.2. The minimum Gasteiger partial charge on any atom is -0.330 e. The molecule has 4 rings (SSSR count). The number of halogens is 2. The predicted molar refractivity (Wildman–Crippen MR) is 104 cm³/mol. The topological polar surface area (TPSA) is 55.2 Å². The first kappa shape index (κ1) is 19.0. The number of aromatic nitrogens is 2. The van der Waals surface area contributed by atoms with Gasteiger partial charge in [-0.25, -0.2) is 13.5 Å². The van der Waals surface area contributed by atoms with Crippen molar-refractivity contribution in [1.82, 2.24) is 14.7 Å². The van der Waals surface area contributed by atoms with Gasteiger partial charge in [0.2, 0.25) is 5.43 Å². The highest BCUT2D eigenvalue weighted by molar-refractivity contribution is 5.92. The van der Waals surface area contributed by atoms with Crippen LogP contribution < -0.4 is 5.43 Å². The summed E-state index contributed by atoms with van der Waals surface area (Å²) in [7, 11) is 0. The van der Waals surface area contributed by atoms with Crippen molar-refractivity contribution in [1.29, 1.82) is 0 Å². The lowest BCUT2D eigenvalue weighted by molar-refractivity contribution is 0.0720. The van der Waals surface area contributed by atoms with Gasteiger partial charge in [0, 0.05) is 24.3 Å². The van der Waals surface area contributed by atoms with E-state index in [9.17, 15) is 18.4 Å². The van der Waals surface area contributed by atoms with Gasteiger partial charge in [-0.15, -0.1) is 0 Å². The van der Waals surface area contributed by atoms with Crippen molar-refractivity contribution in [3.63, 3.8) is 0 Å². The predicted octanol–water partition coefficient (Wildman–Crippen LogP) is 3.62. The van der Waals surface area contributed by atoms with E-state index in [-0.39, 0.29) is 29.8 Å². The Kier molecular flexibility index (Phi) is 4.96. The molecule has 0 aliphatic heterocycles. The highest BCUT2D eigenvalue weighted by Gasteiger charge is 2.35. The Labute approximate surface area is 166 Å². The Bertz CT molecular complexity index is 1140. The van der Waals surface area contributed by atoms with Crippen LogP contribution in [0, 0.1) is 18.6 Å². The second-order valence-corrected chi connectivity index (χ2v) is 7.16. The van der Waals surface area contributed by atoms with E-state index in [0.717, 1.165) is 12.8 Å². The molecule has 1 aliphatic carbocycles. The van der Waals surface area contributed by atoms with Crippen LogP contribution in [0.3, 0.4) is 0 Å². The van der Waals surface area contributed by atoms with Gasteiger partial charge in [-0.2, -0.15) is 5.10 Å². The molecule has 0 spiro atoms. The minimum absolute atomic E-state index is 0.0184. The third-order valence-corrected chi connectivity index (χ3v) is 4.88. The lowest BCUT2D eigenvalue weighted by atomic mass is 10.2. The van der Waals surface area contributed by atoms with Crippen molar-refractivity contribution in [2.24, 2.45) is 0 Å². The number of benzene rings is 2. The zero-order valence-corrected chi connectivity index (χ0v) is 15.8. The SMILES string of the molecule is Cc1cc(=O)c(C(=O)N(Cc2cccc(F)c2)C2CC2)nn1-c1ccccc1F. The summed E-state index contributed by atoms with van der Waals surface area (Å²) in [6, 6.07) is 13.3. The molecule has 0 saturated heterocycles. The molecule has 148 valence electrons. The number of hydrogen-bond donors (Lipinski definition) is 0. The van der Waals surface area contributed by atoms with Crippen molar-refractivity contribution in [2.75, 3.05) is 0 Å². The molecule has 0 bridgehead atoms. The first-order valence-electron chi connectivity index (χ1n) is 9.35. The fourth-order valence-corrected chi connectivity index (χ4v) is 3.28. The molecule has 1 saturated carbocycles. The van der Waals surface area contributed by atoms with Gasteiger partial charge < -0.3 is 4.90 Å². The number of nitrogens with zero attached hydrogens (tertiary/aromatic N) is 3. The molecule has 1 fully saturated rings. The van der Waals surface area contributed by atoms with E-state index in [0.29, 0.717) is 11.3 Å². The Morgan fingerprint density at radius 3 is 2.59 bits per heavy atom. The summed E-state index contributed by atoms with van der Waals surface area (Å²) >= 11 is 0. The highest BCUT2D eigenvalue weighted by atomic mass is 19.1. The number of carbonyl (C=O) groups excluding carboxylic acids is 1. The van der Waals surface area contributed by atoms with Gasteiger partial charge in [0.15, 0.2) is 5.69 Å². The van der Waals surface area contributed by atoms with E-state index in [4.69, 9.17) is 0 Å². The van der Waals surface area contributed by atoms with Crippen molar-refractivity contribution < 1.29 is 13.6 Å². The quantitative estimate of drug-likeness (QED) is 0.663. The van der Waals surface area contributed by atoms with Crippen LogP contribution in [-0.2, 0) is 6.54 Å². The van der Waals surface area contributed by atoms with E-state index in [1.54, 1.807) is 36.1 Å². The Morgan fingerprint density at radius 2 is 1.90 bits per heavy atom. The molecule has 3 aromatic rings. The number of aryl methyl sites for hydroxylation is 1. The zero-order valence-electron chi connectivity index (χ0n) is 15.8. The second kappa shape index (κ2) is 7.58. The zero-order chi connectivity index (χ0) is 20.5. The standard InChI is InChI=1S/C22H19F2N3O2/c1-14-11-20(28)21(25-27(14)19-8-3-2-7-18(19)24)22(29)26(17-9-10-17)13-15-5-4-6-16(23)12-15/h2-8,11-12,17H,9-10,13H2,1H3. The molecule has 1 amide bonds. The maximum Gasteiger partial charge on any atom is 0.278 e. The van der Waals surface area contributed by atoms with E-state index >= 15 is 0 Å². The van der Waals surface area contributed by atoms with E-state index in [1.807, 2.05) is 0 Å². The van der Waals surface area contributed by atoms with Crippen LogP contribution in [0.4, 0.5) is 8.78 Å². The number of hydrogen-bond acceptors (Lipinski definition) is 3. The fourth-order valence-electron chi connectivity index (χ4n) is 3.28. The monoisotopic (exact) mass is 395 g/mol. The molecule has 0 radical (unpaired) electrons. The van der Waals surface area contributed by atoms with Crippen LogP contribution >= 0.6 is 0 Å². The van der Waals surface area contributed by atoms with Crippen molar-refractivity contribution >= 4 is 5.91 Å². The molecule has 5 nitrogen and oxygen atoms in total.